The molecule has 0 aromatic heterocycles. The number of sulfonamides is 1. The second-order valence-electron chi connectivity index (χ2n) is 5.68. The second-order valence-corrected chi connectivity index (χ2v) is 10.2. The normalized spacial score (nSPS) is 34.2. The SMILES string of the molecule is CC1CCN(S(=O)(=O)C2CCS(=O)(=O)CC2)CC1N. The lowest BCUT2D eigenvalue weighted by Crippen LogP contribution is -2.52. The maximum Gasteiger partial charge on any atom is 0.217 e. The van der Waals surface area contributed by atoms with Gasteiger partial charge in [0, 0.05) is 19.1 Å². The molecule has 2 N–H and O–H groups in total. The molecule has 2 aliphatic heterocycles. The molecule has 112 valence electrons. The van der Waals surface area contributed by atoms with Crippen LogP contribution in [0.5, 0.6) is 0 Å². The number of piperidine rings is 1. The maximum atomic E-state index is 12.5. The van der Waals surface area contributed by atoms with Crippen LogP contribution in [0.1, 0.15) is 26.2 Å². The Morgan fingerprint density at radius 2 is 1.74 bits per heavy atom. The van der Waals surface area contributed by atoms with Gasteiger partial charge in [0.2, 0.25) is 10.0 Å². The fourth-order valence-corrected chi connectivity index (χ4v) is 6.46. The summed E-state index contributed by atoms with van der Waals surface area (Å²) < 4.78 is 49.1. The topological polar surface area (TPSA) is 97.5 Å². The predicted octanol–water partition coefficient (Wildman–Crippen LogP) is -0.437. The van der Waals surface area contributed by atoms with Gasteiger partial charge in [-0.1, -0.05) is 6.92 Å². The Bertz CT molecular complexity index is 515. The molecule has 0 aliphatic carbocycles. The summed E-state index contributed by atoms with van der Waals surface area (Å²) in [7, 11) is -6.44. The minimum absolute atomic E-state index is 0.0206. The first kappa shape index (κ1) is 15.2. The smallest absolute Gasteiger partial charge is 0.217 e. The minimum Gasteiger partial charge on any atom is -0.326 e. The Hall–Kier alpha value is -0.180. The van der Waals surface area contributed by atoms with Crippen molar-refractivity contribution in [2.24, 2.45) is 11.7 Å². The van der Waals surface area contributed by atoms with E-state index < -0.39 is 25.1 Å². The average Bonchev–Trinajstić information content (AvgIpc) is 2.32. The lowest BCUT2D eigenvalue weighted by molar-refractivity contribution is 0.250. The molecule has 0 spiro atoms. The number of sulfone groups is 1. The van der Waals surface area contributed by atoms with Gasteiger partial charge in [-0.25, -0.2) is 21.1 Å². The highest BCUT2D eigenvalue weighted by Crippen LogP contribution is 2.26. The summed E-state index contributed by atoms with van der Waals surface area (Å²) in [6.45, 7) is 2.88. The first-order valence-electron chi connectivity index (χ1n) is 6.67. The molecule has 2 heterocycles. The fraction of sp³-hybridized carbons (Fsp3) is 1.00. The van der Waals surface area contributed by atoms with E-state index in [9.17, 15) is 16.8 Å². The highest BCUT2D eigenvalue weighted by Gasteiger charge is 2.39. The van der Waals surface area contributed by atoms with Crippen LogP contribution in [0, 0.1) is 5.92 Å². The van der Waals surface area contributed by atoms with Crippen LogP contribution >= 0.6 is 0 Å². The van der Waals surface area contributed by atoms with Crippen molar-refractivity contribution in [3.63, 3.8) is 0 Å². The summed E-state index contributed by atoms with van der Waals surface area (Å²) in [5.41, 5.74) is 5.94. The number of hydrogen-bond acceptors (Lipinski definition) is 5. The van der Waals surface area contributed by atoms with Gasteiger partial charge in [-0.15, -0.1) is 0 Å². The van der Waals surface area contributed by atoms with Crippen molar-refractivity contribution in [3.8, 4) is 0 Å². The molecule has 19 heavy (non-hydrogen) atoms. The molecule has 0 bridgehead atoms. The van der Waals surface area contributed by atoms with Gasteiger partial charge in [-0.05, 0) is 25.2 Å². The van der Waals surface area contributed by atoms with Crippen molar-refractivity contribution in [2.75, 3.05) is 24.6 Å². The summed E-state index contributed by atoms with van der Waals surface area (Å²) in [4.78, 5) is 0. The van der Waals surface area contributed by atoms with E-state index in [1.165, 1.54) is 4.31 Å². The van der Waals surface area contributed by atoms with Crippen molar-refractivity contribution >= 4 is 19.9 Å². The van der Waals surface area contributed by atoms with Crippen LogP contribution in [-0.2, 0) is 19.9 Å². The number of nitrogens with zero attached hydrogens (tertiary/aromatic N) is 1. The number of hydrogen-bond donors (Lipinski definition) is 1. The zero-order valence-electron chi connectivity index (χ0n) is 11.2. The largest absolute Gasteiger partial charge is 0.326 e. The molecule has 0 amide bonds. The van der Waals surface area contributed by atoms with Crippen LogP contribution in [-0.4, -0.2) is 57.0 Å². The highest BCUT2D eigenvalue weighted by atomic mass is 32.2. The summed E-state index contributed by atoms with van der Waals surface area (Å²) in [6.07, 6.45) is 1.20. The number of nitrogens with two attached hydrogens (primary N) is 1. The molecule has 6 nitrogen and oxygen atoms in total. The first-order chi connectivity index (χ1) is 8.72. The third-order valence-corrected chi connectivity index (χ3v) is 8.34. The van der Waals surface area contributed by atoms with E-state index in [0.29, 0.717) is 19.0 Å². The maximum absolute atomic E-state index is 12.5. The minimum atomic E-state index is -3.40. The lowest BCUT2D eigenvalue weighted by atomic mass is 9.96. The van der Waals surface area contributed by atoms with Gasteiger partial charge in [-0.2, -0.15) is 0 Å². The summed E-state index contributed by atoms with van der Waals surface area (Å²) in [6, 6.07) is -0.129. The van der Waals surface area contributed by atoms with Crippen LogP contribution in [0.3, 0.4) is 0 Å². The molecule has 2 rings (SSSR count). The second kappa shape index (κ2) is 5.31. The first-order valence-corrected chi connectivity index (χ1v) is 10.00. The molecule has 2 unspecified atom stereocenters. The summed E-state index contributed by atoms with van der Waals surface area (Å²) in [5.74, 6) is 0.290. The Kier molecular flexibility index (Phi) is 4.25. The van der Waals surface area contributed by atoms with Gasteiger partial charge in [0.25, 0.3) is 0 Å². The van der Waals surface area contributed by atoms with E-state index in [1.54, 1.807) is 0 Å². The third kappa shape index (κ3) is 3.29. The quantitative estimate of drug-likeness (QED) is 0.746. The monoisotopic (exact) mass is 310 g/mol. The summed E-state index contributed by atoms with van der Waals surface area (Å²) in [5, 5.41) is -0.559. The molecule has 2 fully saturated rings. The Morgan fingerprint density at radius 1 is 1.16 bits per heavy atom. The van der Waals surface area contributed by atoms with E-state index >= 15 is 0 Å². The lowest BCUT2D eigenvalue weighted by Gasteiger charge is -2.37. The van der Waals surface area contributed by atoms with Crippen LogP contribution in [0.15, 0.2) is 0 Å². The van der Waals surface area contributed by atoms with Gasteiger partial charge >= 0.3 is 0 Å². The molecule has 2 aliphatic rings. The van der Waals surface area contributed by atoms with Gasteiger partial charge < -0.3 is 5.73 Å². The van der Waals surface area contributed by atoms with Gasteiger partial charge in [0.05, 0.1) is 16.8 Å². The van der Waals surface area contributed by atoms with Gasteiger partial charge in [-0.3, -0.25) is 0 Å². The zero-order chi connectivity index (χ0) is 14.3. The standard InChI is InChI=1S/C11H22N2O4S2/c1-9-2-5-13(8-11(9)12)19(16,17)10-3-6-18(14,15)7-4-10/h9-11H,2-8,12H2,1H3. The van der Waals surface area contributed by atoms with Crippen molar-refractivity contribution in [2.45, 2.75) is 37.5 Å². The average molecular weight is 310 g/mol. The molecule has 2 saturated heterocycles. The van der Waals surface area contributed by atoms with E-state index in [-0.39, 0.29) is 30.4 Å². The van der Waals surface area contributed by atoms with Crippen molar-refractivity contribution < 1.29 is 16.8 Å². The highest BCUT2D eigenvalue weighted by molar-refractivity contribution is 7.92. The van der Waals surface area contributed by atoms with Gasteiger partial charge in [0.15, 0.2) is 0 Å². The Labute approximate surface area is 115 Å². The van der Waals surface area contributed by atoms with E-state index in [4.69, 9.17) is 5.73 Å². The molecular formula is C11H22N2O4S2. The molecular weight excluding hydrogens is 288 g/mol. The number of rotatable bonds is 2. The van der Waals surface area contributed by atoms with E-state index in [2.05, 4.69) is 0 Å². The third-order valence-electron chi connectivity index (χ3n) is 4.26. The van der Waals surface area contributed by atoms with Crippen LogP contribution < -0.4 is 5.73 Å². The predicted molar refractivity (Wildman–Crippen MR) is 73.9 cm³/mol. The zero-order valence-corrected chi connectivity index (χ0v) is 12.8. The Balaban J connectivity index is 2.07. The van der Waals surface area contributed by atoms with E-state index in [1.807, 2.05) is 6.92 Å². The van der Waals surface area contributed by atoms with Crippen molar-refractivity contribution in [1.29, 1.82) is 0 Å². The molecule has 0 aromatic rings. The van der Waals surface area contributed by atoms with Crippen LogP contribution in [0.2, 0.25) is 0 Å². The van der Waals surface area contributed by atoms with Gasteiger partial charge in [0.1, 0.15) is 9.84 Å². The van der Waals surface area contributed by atoms with Crippen LogP contribution in [0.4, 0.5) is 0 Å². The molecule has 2 atom stereocenters. The molecule has 0 aromatic carbocycles. The summed E-state index contributed by atoms with van der Waals surface area (Å²) >= 11 is 0. The van der Waals surface area contributed by atoms with E-state index in [0.717, 1.165) is 6.42 Å². The Morgan fingerprint density at radius 3 is 2.26 bits per heavy atom. The fourth-order valence-electron chi connectivity index (χ4n) is 2.68. The molecule has 8 heteroatoms. The molecule has 0 radical (unpaired) electrons. The molecule has 0 saturated carbocycles. The van der Waals surface area contributed by atoms with Crippen molar-refractivity contribution in [3.05, 3.63) is 0 Å². The van der Waals surface area contributed by atoms with Crippen molar-refractivity contribution in [1.82, 2.24) is 4.31 Å². The van der Waals surface area contributed by atoms with Crippen LogP contribution in [0.25, 0.3) is 0 Å².